The van der Waals surface area contributed by atoms with Crippen LogP contribution in [0.25, 0.3) is 0 Å². The molecule has 4 nitrogen and oxygen atoms in total. The standard InChI is InChI=1S/C12H18N2O2S/c1-12(5-6-17(15,16)9-12)14-8-10-3-2-4-11(13)7-10/h2-4,7,14H,5-6,8-9,13H2,1H3. The van der Waals surface area contributed by atoms with Crippen LogP contribution in [-0.4, -0.2) is 25.5 Å². The van der Waals surface area contributed by atoms with Gasteiger partial charge in [-0.15, -0.1) is 0 Å². The minimum absolute atomic E-state index is 0.225. The molecule has 5 heteroatoms. The predicted molar refractivity (Wildman–Crippen MR) is 69.4 cm³/mol. The third-order valence-electron chi connectivity index (χ3n) is 3.17. The van der Waals surface area contributed by atoms with E-state index in [1.807, 2.05) is 31.2 Å². The summed E-state index contributed by atoms with van der Waals surface area (Å²) in [5, 5.41) is 3.32. The van der Waals surface area contributed by atoms with E-state index in [2.05, 4.69) is 5.32 Å². The van der Waals surface area contributed by atoms with E-state index in [9.17, 15) is 8.42 Å². The van der Waals surface area contributed by atoms with Gasteiger partial charge in [0.25, 0.3) is 0 Å². The van der Waals surface area contributed by atoms with Gasteiger partial charge in [-0.1, -0.05) is 12.1 Å². The zero-order chi connectivity index (χ0) is 12.5. The van der Waals surface area contributed by atoms with Gasteiger partial charge in [-0.05, 0) is 31.0 Å². The SMILES string of the molecule is CC1(NCc2cccc(N)c2)CCS(=O)(=O)C1. The van der Waals surface area contributed by atoms with Crippen molar-refractivity contribution in [3.05, 3.63) is 29.8 Å². The summed E-state index contributed by atoms with van der Waals surface area (Å²) in [6.07, 6.45) is 0.678. The van der Waals surface area contributed by atoms with Crippen molar-refractivity contribution in [1.29, 1.82) is 0 Å². The average molecular weight is 254 g/mol. The number of rotatable bonds is 3. The van der Waals surface area contributed by atoms with Gasteiger partial charge >= 0.3 is 0 Å². The molecule has 1 saturated heterocycles. The predicted octanol–water partition coefficient (Wildman–Crippen LogP) is 0.936. The zero-order valence-corrected chi connectivity index (χ0v) is 10.8. The Morgan fingerprint density at radius 1 is 1.47 bits per heavy atom. The van der Waals surface area contributed by atoms with Gasteiger partial charge in [-0.3, -0.25) is 0 Å². The minimum atomic E-state index is -2.85. The third kappa shape index (κ3) is 3.20. The topological polar surface area (TPSA) is 72.2 Å². The Hall–Kier alpha value is -1.07. The maximum atomic E-state index is 11.5. The first kappa shape index (κ1) is 12.4. The molecular formula is C12H18N2O2S. The summed E-state index contributed by atoms with van der Waals surface area (Å²) in [6, 6.07) is 7.63. The highest BCUT2D eigenvalue weighted by atomic mass is 32.2. The molecule has 94 valence electrons. The van der Waals surface area contributed by atoms with Crippen molar-refractivity contribution in [1.82, 2.24) is 5.32 Å². The number of benzene rings is 1. The summed E-state index contributed by atoms with van der Waals surface area (Å²) in [4.78, 5) is 0. The second-order valence-electron chi connectivity index (χ2n) is 5.00. The van der Waals surface area contributed by atoms with Crippen molar-refractivity contribution >= 4 is 15.5 Å². The van der Waals surface area contributed by atoms with Crippen molar-refractivity contribution in [2.75, 3.05) is 17.2 Å². The molecule has 0 spiro atoms. The normalized spacial score (nSPS) is 27.1. The van der Waals surface area contributed by atoms with Gasteiger partial charge in [-0.25, -0.2) is 8.42 Å². The van der Waals surface area contributed by atoms with E-state index in [-0.39, 0.29) is 17.0 Å². The Balaban J connectivity index is 1.99. The number of nitrogen functional groups attached to an aromatic ring is 1. The van der Waals surface area contributed by atoms with Crippen molar-refractivity contribution in [3.63, 3.8) is 0 Å². The van der Waals surface area contributed by atoms with Crippen LogP contribution in [-0.2, 0) is 16.4 Å². The molecule has 1 unspecified atom stereocenters. The lowest BCUT2D eigenvalue weighted by Gasteiger charge is -2.24. The molecule has 17 heavy (non-hydrogen) atoms. The molecule has 0 bridgehead atoms. The molecule has 0 aliphatic carbocycles. The molecule has 1 fully saturated rings. The minimum Gasteiger partial charge on any atom is -0.399 e. The summed E-state index contributed by atoms with van der Waals surface area (Å²) in [5.74, 6) is 0.510. The fourth-order valence-electron chi connectivity index (χ4n) is 2.17. The number of anilines is 1. The van der Waals surface area contributed by atoms with Crippen LogP contribution in [0.5, 0.6) is 0 Å². The summed E-state index contributed by atoms with van der Waals surface area (Å²) in [5.41, 5.74) is 7.20. The Bertz CT molecular complexity index is 513. The van der Waals surface area contributed by atoms with Gasteiger partial charge in [0.2, 0.25) is 0 Å². The van der Waals surface area contributed by atoms with Crippen LogP contribution in [0, 0.1) is 0 Å². The van der Waals surface area contributed by atoms with Crippen LogP contribution in [0.15, 0.2) is 24.3 Å². The molecule has 1 aromatic rings. The van der Waals surface area contributed by atoms with E-state index in [4.69, 9.17) is 5.73 Å². The van der Waals surface area contributed by atoms with Gasteiger partial charge < -0.3 is 11.1 Å². The highest BCUT2D eigenvalue weighted by Crippen LogP contribution is 2.23. The number of hydrogen-bond donors (Lipinski definition) is 2. The molecule has 1 heterocycles. The van der Waals surface area contributed by atoms with E-state index in [0.717, 1.165) is 11.3 Å². The maximum Gasteiger partial charge on any atom is 0.152 e. The molecule has 0 saturated carbocycles. The fourth-order valence-corrected chi connectivity index (χ4v) is 4.29. The van der Waals surface area contributed by atoms with Crippen molar-refractivity contribution < 1.29 is 8.42 Å². The molecular weight excluding hydrogens is 236 g/mol. The molecule has 1 atom stereocenters. The second-order valence-corrected chi connectivity index (χ2v) is 7.19. The molecule has 0 amide bonds. The van der Waals surface area contributed by atoms with Gasteiger partial charge in [0.1, 0.15) is 0 Å². The first-order chi connectivity index (χ1) is 7.89. The van der Waals surface area contributed by atoms with Crippen molar-refractivity contribution in [2.24, 2.45) is 0 Å². The quantitative estimate of drug-likeness (QED) is 0.787. The molecule has 1 aromatic carbocycles. The van der Waals surface area contributed by atoms with E-state index < -0.39 is 9.84 Å². The molecule has 3 N–H and O–H groups in total. The van der Waals surface area contributed by atoms with E-state index in [1.54, 1.807) is 0 Å². The molecule has 1 aliphatic rings. The highest BCUT2D eigenvalue weighted by Gasteiger charge is 2.37. The summed E-state index contributed by atoms with van der Waals surface area (Å²) < 4.78 is 22.9. The van der Waals surface area contributed by atoms with Gasteiger partial charge in [-0.2, -0.15) is 0 Å². The first-order valence-corrected chi connectivity index (χ1v) is 7.51. The molecule has 2 rings (SSSR count). The molecule has 1 aliphatic heterocycles. The largest absolute Gasteiger partial charge is 0.399 e. The van der Waals surface area contributed by atoms with Gasteiger partial charge in [0.15, 0.2) is 9.84 Å². The monoisotopic (exact) mass is 254 g/mol. The van der Waals surface area contributed by atoms with Crippen LogP contribution >= 0.6 is 0 Å². The van der Waals surface area contributed by atoms with Crippen LogP contribution in [0.3, 0.4) is 0 Å². The third-order valence-corrected chi connectivity index (χ3v) is 5.08. The molecule has 0 radical (unpaired) electrons. The van der Waals surface area contributed by atoms with E-state index in [1.165, 1.54) is 0 Å². The lowest BCUT2D eigenvalue weighted by atomic mass is 10.0. The smallest absolute Gasteiger partial charge is 0.152 e. The maximum absolute atomic E-state index is 11.5. The number of nitrogens with one attached hydrogen (secondary N) is 1. The summed E-state index contributed by atoms with van der Waals surface area (Å²) in [6.45, 7) is 2.61. The lowest BCUT2D eigenvalue weighted by Crippen LogP contribution is -2.42. The second kappa shape index (κ2) is 4.31. The van der Waals surface area contributed by atoms with Crippen LogP contribution < -0.4 is 11.1 Å². The van der Waals surface area contributed by atoms with Crippen LogP contribution in [0.4, 0.5) is 5.69 Å². The summed E-state index contributed by atoms with van der Waals surface area (Å²) in [7, 11) is -2.85. The van der Waals surface area contributed by atoms with Crippen LogP contribution in [0.1, 0.15) is 18.9 Å². The highest BCUT2D eigenvalue weighted by molar-refractivity contribution is 7.91. The van der Waals surface area contributed by atoms with E-state index in [0.29, 0.717) is 13.0 Å². The Labute approximate surface area is 102 Å². The Morgan fingerprint density at radius 3 is 2.82 bits per heavy atom. The number of sulfone groups is 1. The van der Waals surface area contributed by atoms with E-state index >= 15 is 0 Å². The van der Waals surface area contributed by atoms with Crippen molar-refractivity contribution in [2.45, 2.75) is 25.4 Å². The van der Waals surface area contributed by atoms with Gasteiger partial charge in [0.05, 0.1) is 11.5 Å². The van der Waals surface area contributed by atoms with Crippen LogP contribution in [0.2, 0.25) is 0 Å². The number of hydrogen-bond acceptors (Lipinski definition) is 4. The average Bonchev–Trinajstić information content (AvgIpc) is 2.51. The van der Waals surface area contributed by atoms with Gasteiger partial charge in [0, 0.05) is 17.8 Å². The Morgan fingerprint density at radius 2 is 2.24 bits per heavy atom. The molecule has 0 aromatic heterocycles. The Kier molecular flexibility index (Phi) is 3.14. The number of nitrogens with two attached hydrogens (primary N) is 1. The van der Waals surface area contributed by atoms with Crippen molar-refractivity contribution in [3.8, 4) is 0 Å². The zero-order valence-electron chi connectivity index (χ0n) is 9.94. The fraction of sp³-hybridized carbons (Fsp3) is 0.500. The lowest BCUT2D eigenvalue weighted by molar-refractivity contribution is 0.395. The summed E-state index contributed by atoms with van der Waals surface area (Å²) >= 11 is 0. The first-order valence-electron chi connectivity index (χ1n) is 5.68.